The molecule has 5 rings (SSSR count). The van der Waals surface area contributed by atoms with Crippen molar-refractivity contribution < 1.29 is 44.1 Å². The number of rotatable bonds is 2. The molecule has 5 nitrogen and oxygen atoms in total. The van der Waals surface area contributed by atoms with Crippen LogP contribution < -0.4 is 35.9 Å². The normalized spacial score (nSPS) is 18.0. The number of pyridine rings is 1. The molecule has 134 valence electrons. The van der Waals surface area contributed by atoms with Crippen LogP contribution in [0.25, 0.3) is 22.0 Å². The molecule has 0 spiro atoms. The average molecular weight is 378 g/mol. The number of hydrogen-bond acceptors (Lipinski definition) is 4. The Morgan fingerprint density at radius 3 is 2.77 bits per heavy atom. The lowest BCUT2D eigenvalue weighted by molar-refractivity contribution is -0.686. The van der Waals surface area contributed by atoms with Gasteiger partial charge in [0.2, 0.25) is 12.5 Å². The fourth-order valence-electron chi connectivity index (χ4n) is 3.58. The number of aromatic nitrogens is 1. The Bertz CT molecular complexity index is 1210. The van der Waals surface area contributed by atoms with E-state index in [0.717, 1.165) is 29.0 Å². The van der Waals surface area contributed by atoms with Crippen LogP contribution in [0.5, 0.6) is 23.0 Å². The van der Waals surface area contributed by atoms with E-state index in [1.54, 1.807) is 12.3 Å². The Labute approximate surface area is 165 Å². The number of aryl methyl sites for hydroxylation is 2. The Hall–Kier alpha value is -2.66. The first-order valence-corrected chi connectivity index (χ1v) is 7.89. The predicted molar refractivity (Wildman–Crippen MR) is 92.5 cm³/mol. The molecule has 0 saturated carbocycles. The van der Waals surface area contributed by atoms with Crippen molar-refractivity contribution in [3.05, 3.63) is 42.1 Å². The molecular formula is C20H18ClNO4. The summed E-state index contributed by atoms with van der Waals surface area (Å²) >= 11 is 0. The maximum Gasteiger partial charge on any atom is 0.231 e. The summed E-state index contributed by atoms with van der Waals surface area (Å²) in [5.74, 6) is 1.14. The van der Waals surface area contributed by atoms with E-state index in [1.807, 2.05) is 22.8 Å². The third kappa shape index (κ3) is 2.35. The number of benzene rings is 2. The van der Waals surface area contributed by atoms with Crippen LogP contribution in [0.3, 0.4) is 0 Å². The Morgan fingerprint density at radius 1 is 1.08 bits per heavy atom. The van der Waals surface area contributed by atoms with E-state index in [4.69, 9.17) is 27.2 Å². The molecule has 0 N–H and O–H groups in total. The van der Waals surface area contributed by atoms with Crippen LogP contribution >= 0.6 is 0 Å². The summed E-state index contributed by atoms with van der Waals surface area (Å²) in [5, 5.41) is 1.14. The third-order valence-corrected chi connectivity index (χ3v) is 4.79. The second-order valence-electron chi connectivity index (χ2n) is 6.06. The van der Waals surface area contributed by atoms with E-state index in [2.05, 4.69) is 0 Å². The molecule has 0 fully saturated rings. The highest BCUT2D eigenvalue weighted by molar-refractivity contribution is 5.91. The molecule has 0 bridgehead atoms. The largest absolute Gasteiger partial charge is 1.00 e. The van der Waals surface area contributed by atoms with Crippen molar-refractivity contribution in [2.45, 2.75) is 13.0 Å². The van der Waals surface area contributed by atoms with Crippen LogP contribution in [0.1, 0.15) is 13.8 Å². The highest BCUT2D eigenvalue weighted by Gasteiger charge is 2.28. The topological polar surface area (TPSA) is 40.8 Å². The van der Waals surface area contributed by atoms with Crippen LogP contribution in [0.2, 0.25) is 0 Å². The summed E-state index contributed by atoms with van der Waals surface area (Å²) in [7, 11) is -5.52. The number of hydrogen-bond donors (Lipinski definition) is 0. The smallest absolute Gasteiger partial charge is 0.231 e. The van der Waals surface area contributed by atoms with Crippen molar-refractivity contribution in [1.29, 1.82) is 0 Å². The Balaban J connectivity index is 0.00000245. The average Bonchev–Trinajstić information content (AvgIpc) is 3.12. The molecule has 6 heteroatoms. The van der Waals surface area contributed by atoms with Crippen LogP contribution in [0.4, 0.5) is 0 Å². The first-order valence-electron chi connectivity index (χ1n) is 10.9. The van der Waals surface area contributed by atoms with E-state index in [0.29, 0.717) is 23.1 Å². The molecular weight excluding hydrogens is 354 g/mol. The Morgan fingerprint density at radius 2 is 1.92 bits per heavy atom. The first kappa shape index (κ1) is 11.1. The van der Waals surface area contributed by atoms with Gasteiger partial charge in [-0.25, -0.2) is 0 Å². The lowest BCUT2D eigenvalue weighted by Crippen LogP contribution is -3.00. The molecule has 0 atom stereocenters. The fraction of sp³-hybridized carbons (Fsp3) is 0.250. The van der Waals surface area contributed by atoms with Gasteiger partial charge >= 0.3 is 0 Å². The summed E-state index contributed by atoms with van der Waals surface area (Å²) in [6.45, 7) is 0.841. The molecule has 26 heavy (non-hydrogen) atoms. The molecule has 2 aromatic carbocycles. The molecule has 2 aliphatic heterocycles. The van der Waals surface area contributed by atoms with Crippen molar-refractivity contribution in [3.8, 4) is 34.3 Å². The second kappa shape index (κ2) is 6.25. The Kier molecular flexibility index (Phi) is 2.68. The summed E-state index contributed by atoms with van der Waals surface area (Å²) < 4.78 is 67.9. The van der Waals surface area contributed by atoms with E-state index in [9.17, 15) is 0 Å². The molecule has 0 saturated heterocycles. The van der Waals surface area contributed by atoms with E-state index >= 15 is 0 Å². The standard InChI is InChI=1S/C20H18NO4.ClH/c1-22-17-4-3-12-7-16-14-9-19-18(24-11-25-19)8-13(14)5-6-21(16)10-15(12)20(17)23-2;/h3-4,7-10H,5-6,11H2,1-2H3;1H/q+1;/p-1/i1D3,2D3;. The molecule has 1 aromatic heterocycles. The minimum absolute atomic E-state index is 0. The predicted octanol–water partition coefficient (Wildman–Crippen LogP) is 0.100. The quantitative estimate of drug-likeness (QED) is 0.594. The van der Waals surface area contributed by atoms with Crippen LogP contribution in [-0.4, -0.2) is 20.9 Å². The van der Waals surface area contributed by atoms with Crippen molar-refractivity contribution in [3.63, 3.8) is 0 Å². The number of ether oxygens (including phenoxy) is 4. The van der Waals surface area contributed by atoms with E-state index < -0.39 is 14.1 Å². The van der Waals surface area contributed by atoms with Crippen molar-refractivity contribution in [2.24, 2.45) is 0 Å². The van der Waals surface area contributed by atoms with E-state index in [-0.39, 0.29) is 30.7 Å². The van der Waals surface area contributed by atoms with Crippen LogP contribution in [-0.2, 0) is 13.0 Å². The lowest BCUT2D eigenvalue weighted by Gasteiger charge is -2.17. The van der Waals surface area contributed by atoms with Gasteiger partial charge in [-0.15, -0.1) is 0 Å². The number of halogens is 1. The summed E-state index contributed by atoms with van der Waals surface area (Å²) in [6, 6.07) is 8.95. The zero-order valence-corrected chi connectivity index (χ0v) is 14.3. The minimum Gasteiger partial charge on any atom is -1.00 e. The summed E-state index contributed by atoms with van der Waals surface area (Å²) in [6.07, 6.45) is 2.52. The minimum atomic E-state index is -2.77. The van der Waals surface area contributed by atoms with Gasteiger partial charge in [0, 0.05) is 12.5 Å². The summed E-state index contributed by atoms with van der Waals surface area (Å²) in [5.41, 5.74) is 3.06. The van der Waals surface area contributed by atoms with E-state index in [1.165, 1.54) is 6.07 Å². The number of nitrogens with zero attached hydrogens (tertiary/aromatic N) is 1. The molecule has 3 aromatic rings. The van der Waals surface area contributed by atoms with Gasteiger partial charge in [-0.05, 0) is 35.2 Å². The maximum absolute atomic E-state index is 7.51. The third-order valence-electron chi connectivity index (χ3n) is 4.79. The van der Waals surface area contributed by atoms with Gasteiger partial charge in [-0.2, -0.15) is 4.57 Å². The maximum atomic E-state index is 7.51. The monoisotopic (exact) mass is 377 g/mol. The zero-order chi connectivity index (χ0) is 22.0. The molecule has 2 aliphatic rings. The van der Waals surface area contributed by atoms with Gasteiger partial charge in [0.1, 0.15) is 0 Å². The van der Waals surface area contributed by atoms with Crippen LogP contribution in [0, 0.1) is 0 Å². The van der Waals surface area contributed by atoms with Crippen molar-refractivity contribution in [1.82, 2.24) is 0 Å². The van der Waals surface area contributed by atoms with Gasteiger partial charge in [0.15, 0.2) is 35.7 Å². The van der Waals surface area contributed by atoms with Gasteiger partial charge in [-0.1, -0.05) is 0 Å². The van der Waals surface area contributed by atoms with Gasteiger partial charge in [-0.3, -0.25) is 0 Å². The van der Waals surface area contributed by atoms with Gasteiger partial charge in [0.05, 0.1) is 33.3 Å². The van der Waals surface area contributed by atoms with Gasteiger partial charge < -0.3 is 31.4 Å². The highest BCUT2D eigenvalue weighted by atomic mass is 35.5. The SMILES string of the molecule is [2H]C([2H])([2H])Oc1ccc2cc3[n+](cc2c1OC([2H])([2H])[2H])CCc1cc2c(cc1-3)OCO2.[Cl-]. The van der Waals surface area contributed by atoms with Crippen LogP contribution in [0.15, 0.2) is 36.5 Å². The van der Waals surface area contributed by atoms with Gasteiger partial charge in [0.25, 0.3) is 0 Å². The fourth-order valence-corrected chi connectivity index (χ4v) is 3.58. The van der Waals surface area contributed by atoms with Crippen molar-refractivity contribution >= 4 is 10.8 Å². The highest BCUT2D eigenvalue weighted by Crippen LogP contribution is 2.41. The lowest BCUT2D eigenvalue weighted by atomic mass is 9.95. The molecule has 0 amide bonds. The zero-order valence-electron chi connectivity index (χ0n) is 19.5. The number of methoxy groups -OCH3 is 2. The second-order valence-corrected chi connectivity index (χ2v) is 6.06. The molecule has 3 heterocycles. The number of fused-ring (bicyclic) bond motifs is 5. The molecule has 0 unspecified atom stereocenters. The summed E-state index contributed by atoms with van der Waals surface area (Å²) in [4.78, 5) is 0. The molecule has 0 aliphatic carbocycles. The molecule has 0 radical (unpaired) electrons. The first-order chi connectivity index (χ1) is 14.6. The van der Waals surface area contributed by atoms with Crippen molar-refractivity contribution in [2.75, 3.05) is 20.9 Å².